The van der Waals surface area contributed by atoms with E-state index in [1.165, 1.54) is 0 Å². The van der Waals surface area contributed by atoms with Crippen LogP contribution in [-0.2, 0) is 0 Å². The average molecular weight is 178 g/mol. The van der Waals surface area contributed by atoms with Gasteiger partial charge in [0.25, 0.3) is 0 Å². The molecule has 0 aliphatic heterocycles. The smallest absolute Gasteiger partial charge is 0.129 e. The van der Waals surface area contributed by atoms with Crippen molar-refractivity contribution in [3.63, 3.8) is 0 Å². The molecule has 1 fully saturated rings. The highest BCUT2D eigenvalue weighted by atomic mass is 15.0. The Balaban J connectivity index is 1.74. The largest absolute Gasteiger partial charge is 0.370 e. The number of nitrogens with zero attached hydrogens (tertiary/aromatic N) is 2. The van der Waals surface area contributed by atoms with E-state index in [2.05, 4.69) is 15.3 Å². The molecule has 4 nitrogen and oxygen atoms in total. The molecule has 0 saturated heterocycles. The number of nitrogens with one attached hydrogen (secondary N) is 1. The van der Waals surface area contributed by atoms with Crippen molar-refractivity contribution in [1.82, 2.24) is 9.97 Å². The summed E-state index contributed by atoms with van der Waals surface area (Å²) in [6.45, 7) is 0.977. The Morgan fingerprint density at radius 1 is 1.54 bits per heavy atom. The minimum absolute atomic E-state index is 0.428. The lowest BCUT2D eigenvalue weighted by molar-refractivity contribution is 0.280. The van der Waals surface area contributed by atoms with Crippen LogP contribution in [0.2, 0.25) is 0 Å². The molecule has 1 aliphatic rings. The van der Waals surface area contributed by atoms with Gasteiger partial charge in [-0.05, 0) is 24.8 Å². The Kier molecular flexibility index (Phi) is 2.40. The summed E-state index contributed by atoms with van der Waals surface area (Å²) in [5.74, 6) is 1.63. The van der Waals surface area contributed by atoms with E-state index < -0.39 is 0 Å². The molecule has 1 aromatic rings. The molecule has 2 rings (SSSR count). The Hall–Kier alpha value is -1.16. The lowest BCUT2D eigenvalue weighted by Gasteiger charge is -2.32. The van der Waals surface area contributed by atoms with E-state index in [1.54, 1.807) is 12.5 Å². The molecular formula is C9H14N4. The molecule has 70 valence electrons. The standard InChI is InChI=1S/C9H14N4/c10-8-3-7(4-8)5-12-9-1-2-11-6-13-9/h1-2,6-8H,3-5,10H2,(H,11,12,13). The second-order valence-corrected chi connectivity index (χ2v) is 3.57. The highest BCUT2D eigenvalue weighted by Gasteiger charge is 2.25. The summed E-state index contributed by atoms with van der Waals surface area (Å²) in [5, 5.41) is 3.26. The number of hydrogen-bond donors (Lipinski definition) is 2. The minimum atomic E-state index is 0.428. The van der Waals surface area contributed by atoms with Crippen molar-refractivity contribution in [3.8, 4) is 0 Å². The predicted octanol–water partition coefficient (Wildman–Crippen LogP) is 0.626. The van der Waals surface area contributed by atoms with Gasteiger partial charge in [-0.25, -0.2) is 9.97 Å². The van der Waals surface area contributed by atoms with Gasteiger partial charge in [-0.15, -0.1) is 0 Å². The molecule has 0 spiro atoms. The number of hydrogen-bond acceptors (Lipinski definition) is 4. The predicted molar refractivity (Wildman–Crippen MR) is 51.2 cm³/mol. The number of anilines is 1. The number of rotatable bonds is 3. The zero-order valence-electron chi connectivity index (χ0n) is 7.48. The van der Waals surface area contributed by atoms with E-state index in [9.17, 15) is 0 Å². The maximum absolute atomic E-state index is 5.68. The molecule has 0 atom stereocenters. The fourth-order valence-corrected chi connectivity index (χ4v) is 1.60. The van der Waals surface area contributed by atoms with Crippen molar-refractivity contribution in [1.29, 1.82) is 0 Å². The van der Waals surface area contributed by atoms with Crippen LogP contribution in [0, 0.1) is 5.92 Å². The summed E-state index contributed by atoms with van der Waals surface area (Å²) < 4.78 is 0. The molecule has 0 amide bonds. The van der Waals surface area contributed by atoms with Crippen LogP contribution >= 0.6 is 0 Å². The van der Waals surface area contributed by atoms with Crippen molar-refractivity contribution >= 4 is 5.82 Å². The first-order valence-electron chi connectivity index (χ1n) is 4.60. The Morgan fingerprint density at radius 3 is 3.00 bits per heavy atom. The maximum atomic E-state index is 5.68. The van der Waals surface area contributed by atoms with Gasteiger partial charge in [-0.2, -0.15) is 0 Å². The summed E-state index contributed by atoms with van der Waals surface area (Å²) in [4.78, 5) is 7.92. The monoisotopic (exact) mass is 178 g/mol. The van der Waals surface area contributed by atoms with E-state index in [0.29, 0.717) is 6.04 Å². The van der Waals surface area contributed by atoms with Crippen LogP contribution in [0.15, 0.2) is 18.6 Å². The van der Waals surface area contributed by atoms with Gasteiger partial charge >= 0.3 is 0 Å². The van der Waals surface area contributed by atoms with Gasteiger partial charge in [-0.3, -0.25) is 0 Å². The topological polar surface area (TPSA) is 63.8 Å². The van der Waals surface area contributed by atoms with Crippen LogP contribution in [0.3, 0.4) is 0 Å². The van der Waals surface area contributed by atoms with E-state index in [1.807, 2.05) is 6.07 Å². The molecule has 13 heavy (non-hydrogen) atoms. The van der Waals surface area contributed by atoms with Crippen molar-refractivity contribution < 1.29 is 0 Å². The van der Waals surface area contributed by atoms with Gasteiger partial charge in [0.2, 0.25) is 0 Å². The summed E-state index contributed by atoms with van der Waals surface area (Å²) in [6.07, 6.45) is 5.56. The van der Waals surface area contributed by atoms with Crippen molar-refractivity contribution in [2.45, 2.75) is 18.9 Å². The van der Waals surface area contributed by atoms with Gasteiger partial charge in [0, 0.05) is 18.8 Å². The summed E-state index contributed by atoms with van der Waals surface area (Å²) >= 11 is 0. The van der Waals surface area contributed by atoms with E-state index in [0.717, 1.165) is 31.1 Å². The first-order valence-corrected chi connectivity index (χ1v) is 4.60. The highest BCUT2D eigenvalue weighted by Crippen LogP contribution is 2.25. The van der Waals surface area contributed by atoms with Gasteiger partial charge in [0.15, 0.2) is 0 Å². The SMILES string of the molecule is NC1CC(CNc2ccncn2)C1. The third kappa shape index (κ3) is 2.15. The molecule has 1 heterocycles. The van der Waals surface area contributed by atoms with Crippen LogP contribution in [0.4, 0.5) is 5.82 Å². The van der Waals surface area contributed by atoms with Crippen LogP contribution in [0.25, 0.3) is 0 Å². The first kappa shape index (κ1) is 8.44. The molecular weight excluding hydrogens is 164 g/mol. The van der Waals surface area contributed by atoms with Crippen LogP contribution in [-0.4, -0.2) is 22.6 Å². The Labute approximate surface area is 77.6 Å². The summed E-state index contributed by atoms with van der Waals surface area (Å²) in [7, 11) is 0. The number of aromatic nitrogens is 2. The first-order chi connectivity index (χ1) is 6.34. The summed E-state index contributed by atoms with van der Waals surface area (Å²) in [5.41, 5.74) is 5.68. The fraction of sp³-hybridized carbons (Fsp3) is 0.556. The molecule has 1 aliphatic carbocycles. The molecule has 0 radical (unpaired) electrons. The fourth-order valence-electron chi connectivity index (χ4n) is 1.60. The van der Waals surface area contributed by atoms with Gasteiger partial charge in [-0.1, -0.05) is 0 Å². The maximum Gasteiger partial charge on any atom is 0.129 e. The second-order valence-electron chi connectivity index (χ2n) is 3.57. The van der Waals surface area contributed by atoms with Crippen molar-refractivity contribution in [2.75, 3.05) is 11.9 Å². The zero-order valence-corrected chi connectivity index (χ0v) is 7.48. The summed E-state index contributed by atoms with van der Waals surface area (Å²) in [6, 6.07) is 2.30. The van der Waals surface area contributed by atoms with Gasteiger partial charge < -0.3 is 11.1 Å². The van der Waals surface area contributed by atoms with E-state index >= 15 is 0 Å². The molecule has 0 aromatic carbocycles. The normalized spacial score (nSPS) is 26.5. The molecule has 1 saturated carbocycles. The van der Waals surface area contributed by atoms with Crippen LogP contribution in [0.5, 0.6) is 0 Å². The molecule has 3 N–H and O–H groups in total. The van der Waals surface area contributed by atoms with E-state index in [4.69, 9.17) is 5.73 Å². The van der Waals surface area contributed by atoms with Crippen molar-refractivity contribution in [2.24, 2.45) is 11.7 Å². The molecule has 1 aromatic heterocycles. The van der Waals surface area contributed by atoms with Gasteiger partial charge in [0.05, 0.1) is 0 Å². The van der Waals surface area contributed by atoms with Gasteiger partial charge in [0.1, 0.15) is 12.1 Å². The molecule has 4 heteroatoms. The molecule has 0 unspecified atom stereocenters. The lowest BCUT2D eigenvalue weighted by atomic mass is 9.81. The third-order valence-corrected chi connectivity index (χ3v) is 2.43. The Morgan fingerprint density at radius 2 is 2.38 bits per heavy atom. The molecule has 0 bridgehead atoms. The minimum Gasteiger partial charge on any atom is -0.370 e. The lowest BCUT2D eigenvalue weighted by Crippen LogP contribution is -2.39. The van der Waals surface area contributed by atoms with Crippen molar-refractivity contribution in [3.05, 3.63) is 18.6 Å². The zero-order chi connectivity index (χ0) is 9.10. The number of nitrogens with two attached hydrogens (primary N) is 1. The van der Waals surface area contributed by atoms with Crippen LogP contribution < -0.4 is 11.1 Å². The second kappa shape index (κ2) is 3.70. The quantitative estimate of drug-likeness (QED) is 0.712. The van der Waals surface area contributed by atoms with Crippen LogP contribution in [0.1, 0.15) is 12.8 Å². The third-order valence-electron chi connectivity index (χ3n) is 2.43. The average Bonchev–Trinajstić information content (AvgIpc) is 2.12. The Bertz CT molecular complexity index is 256. The van der Waals surface area contributed by atoms with E-state index in [-0.39, 0.29) is 0 Å². The highest BCUT2D eigenvalue weighted by molar-refractivity contribution is 5.31.